The molecule has 0 N–H and O–H groups in total. The summed E-state index contributed by atoms with van der Waals surface area (Å²) in [7, 11) is 0. The van der Waals surface area contributed by atoms with Crippen LogP contribution in [0.15, 0.2) is 0 Å². The Morgan fingerprint density at radius 1 is 1.00 bits per heavy atom. The van der Waals surface area contributed by atoms with Crippen LogP contribution in [-0.4, -0.2) is 41.7 Å². The van der Waals surface area contributed by atoms with Gasteiger partial charge in [-0.2, -0.15) is 0 Å². The molecule has 4 nitrogen and oxygen atoms in total. The molecule has 0 saturated heterocycles. The number of carbonyl (C=O) groups excluding carboxylic acids is 1. The third kappa shape index (κ3) is 25.9. The van der Waals surface area contributed by atoms with Gasteiger partial charge in [-0.1, -0.05) is 26.7 Å². The molecule has 0 fully saturated rings. The lowest BCUT2D eigenvalue weighted by Gasteiger charge is -2.02. The predicted octanol–water partition coefficient (Wildman–Crippen LogP) is 2.72. The highest BCUT2D eigenvalue weighted by Gasteiger charge is 1.95. The van der Waals surface area contributed by atoms with Crippen LogP contribution in [0.5, 0.6) is 0 Å². The Morgan fingerprint density at radius 3 is 1.71 bits per heavy atom. The summed E-state index contributed by atoms with van der Waals surface area (Å²) >= 11 is -0.189. The van der Waals surface area contributed by atoms with E-state index in [1.54, 1.807) is 6.92 Å². The zero-order chi connectivity index (χ0) is 13.4. The van der Waals surface area contributed by atoms with Gasteiger partial charge in [0.15, 0.2) is 0 Å². The Morgan fingerprint density at radius 2 is 1.47 bits per heavy atom. The van der Waals surface area contributed by atoms with Crippen LogP contribution in [0.1, 0.15) is 53.4 Å². The maximum atomic E-state index is 9.82. The summed E-state index contributed by atoms with van der Waals surface area (Å²) < 4.78 is 15.0. The van der Waals surface area contributed by atoms with E-state index in [1.165, 1.54) is 19.8 Å². The second kappa shape index (κ2) is 18.3. The van der Waals surface area contributed by atoms with Gasteiger partial charge in [0.25, 0.3) is 0 Å². The number of ether oxygens (including phenoxy) is 1. The molecule has 101 valence electrons. The van der Waals surface area contributed by atoms with Crippen molar-refractivity contribution in [3.63, 3.8) is 0 Å². The van der Waals surface area contributed by atoms with E-state index in [-0.39, 0.29) is 21.9 Å². The van der Waals surface area contributed by atoms with Crippen LogP contribution in [0.3, 0.4) is 0 Å². The summed E-state index contributed by atoms with van der Waals surface area (Å²) in [6, 6.07) is 0. The van der Waals surface area contributed by atoms with E-state index >= 15 is 0 Å². The Bertz CT molecular complexity index is 145. The first-order valence-corrected chi connectivity index (χ1v) is 7.31. The average molecular weight is 261 g/mol. The largest absolute Gasteiger partial charge is 0.668 e. The fourth-order valence-electron chi connectivity index (χ4n) is 0.803. The van der Waals surface area contributed by atoms with Crippen LogP contribution in [-0.2, 0) is 17.1 Å². The van der Waals surface area contributed by atoms with Gasteiger partial charge in [-0.3, -0.25) is 4.79 Å². The molecule has 0 rings (SSSR count). The number of unbranched alkanes of at least 4 members (excludes halogenated alkanes) is 2. The van der Waals surface area contributed by atoms with Crippen LogP contribution in [0, 0.1) is 0 Å². The van der Waals surface area contributed by atoms with Gasteiger partial charge in [-0.25, -0.2) is 0 Å². The Balaban J connectivity index is 0. The van der Waals surface area contributed by atoms with Crippen molar-refractivity contribution < 1.29 is 17.1 Å². The third-order valence-corrected chi connectivity index (χ3v) is 2.46. The lowest BCUT2D eigenvalue weighted by molar-refractivity contribution is -0.140. The molecule has 0 aliphatic heterocycles. The first-order valence-electron chi connectivity index (χ1n) is 6.37. The Labute approximate surface area is 112 Å². The van der Waals surface area contributed by atoms with E-state index in [4.69, 9.17) is 7.58 Å². The normalized spacial score (nSPS) is 9.18. The van der Waals surface area contributed by atoms with Gasteiger partial charge in [-0.05, 0) is 19.8 Å². The van der Waals surface area contributed by atoms with Crippen molar-refractivity contribution in [2.45, 2.75) is 53.4 Å². The van der Waals surface area contributed by atoms with Crippen molar-refractivity contribution in [2.24, 2.45) is 0 Å². The van der Waals surface area contributed by atoms with Gasteiger partial charge in [0.05, 0.1) is 6.61 Å². The lowest BCUT2D eigenvalue weighted by atomic mass is 10.4. The zero-order valence-corrected chi connectivity index (χ0v) is 12.8. The summed E-state index contributed by atoms with van der Waals surface area (Å²) in [5.41, 5.74) is 0. The third-order valence-electron chi connectivity index (χ3n) is 1.72. The molecule has 0 atom stereocenters. The standard InChI is InChI=1S/C4H8O2.2C4H9O.Al/c1-3-6-4(2)5;2*1-2-3-4-5;/h3H2,1-2H3;2*2-4H2,1H3;/q;2*-1;+2. The highest BCUT2D eigenvalue weighted by Crippen LogP contribution is 1.89. The number of rotatable bonds is 9. The molecule has 0 amide bonds. The molecule has 0 saturated carbocycles. The molecule has 5 heteroatoms. The minimum Gasteiger partial charge on any atom is -0.484 e. The van der Waals surface area contributed by atoms with Crippen LogP contribution < -0.4 is 0 Å². The maximum Gasteiger partial charge on any atom is 0.668 e. The molecule has 0 unspecified atom stereocenters. The van der Waals surface area contributed by atoms with Crippen molar-refractivity contribution in [2.75, 3.05) is 19.8 Å². The summed E-state index contributed by atoms with van der Waals surface area (Å²) in [6.45, 7) is 9.73. The molecule has 0 bridgehead atoms. The molecule has 0 aromatic carbocycles. The molecule has 0 heterocycles. The molecule has 0 aliphatic carbocycles. The van der Waals surface area contributed by atoms with Gasteiger partial charge in [-0.15, -0.1) is 0 Å². The van der Waals surface area contributed by atoms with Gasteiger partial charge in [0.1, 0.15) is 0 Å². The van der Waals surface area contributed by atoms with E-state index in [1.807, 2.05) is 0 Å². The minimum absolute atomic E-state index is 0.189. The first-order chi connectivity index (χ1) is 8.18. The molecule has 0 spiro atoms. The SMILES string of the molecule is CCCC[O][Al][O]CCCC.CCOC(C)=O. The molecule has 0 aliphatic rings. The van der Waals surface area contributed by atoms with Crippen molar-refractivity contribution in [3.8, 4) is 0 Å². The zero-order valence-electron chi connectivity index (χ0n) is 11.7. The van der Waals surface area contributed by atoms with E-state index in [2.05, 4.69) is 18.6 Å². The number of hydrogen-bond donors (Lipinski definition) is 0. The van der Waals surface area contributed by atoms with Crippen LogP contribution in [0.4, 0.5) is 0 Å². The van der Waals surface area contributed by atoms with E-state index in [0.717, 1.165) is 26.1 Å². The second-order valence-electron chi connectivity index (χ2n) is 3.47. The molecule has 0 aromatic heterocycles. The summed E-state index contributed by atoms with van der Waals surface area (Å²) in [5.74, 6) is -0.211. The highest BCUT2D eigenvalue weighted by molar-refractivity contribution is 6.17. The van der Waals surface area contributed by atoms with Crippen molar-refractivity contribution >= 4 is 21.9 Å². The molecular weight excluding hydrogens is 235 g/mol. The Kier molecular flexibility index (Phi) is 20.7. The quantitative estimate of drug-likeness (QED) is 0.364. The smallest absolute Gasteiger partial charge is 0.484 e. The van der Waals surface area contributed by atoms with Gasteiger partial charge < -0.3 is 12.3 Å². The van der Waals surface area contributed by atoms with Gasteiger partial charge in [0.2, 0.25) is 0 Å². The average Bonchev–Trinajstić information content (AvgIpc) is 2.29. The van der Waals surface area contributed by atoms with E-state index in [0.29, 0.717) is 6.61 Å². The van der Waals surface area contributed by atoms with Gasteiger partial charge in [0, 0.05) is 20.1 Å². The first kappa shape index (κ1) is 19.3. The minimum atomic E-state index is -0.211. The molecule has 0 aromatic rings. The fourth-order valence-corrected chi connectivity index (χ4v) is 1.42. The maximum absolute atomic E-state index is 9.82. The monoisotopic (exact) mass is 261 g/mol. The van der Waals surface area contributed by atoms with Gasteiger partial charge >= 0.3 is 21.9 Å². The van der Waals surface area contributed by atoms with E-state index in [9.17, 15) is 4.79 Å². The molecule has 17 heavy (non-hydrogen) atoms. The summed E-state index contributed by atoms with van der Waals surface area (Å²) in [6.07, 6.45) is 4.72. The van der Waals surface area contributed by atoms with Crippen LogP contribution in [0.25, 0.3) is 0 Å². The van der Waals surface area contributed by atoms with Crippen LogP contribution >= 0.6 is 0 Å². The summed E-state index contributed by atoms with van der Waals surface area (Å²) in [5, 5.41) is 0. The molecule has 1 radical (unpaired) electrons. The van der Waals surface area contributed by atoms with Crippen molar-refractivity contribution in [3.05, 3.63) is 0 Å². The summed E-state index contributed by atoms with van der Waals surface area (Å²) in [4.78, 5) is 9.82. The van der Waals surface area contributed by atoms with Crippen molar-refractivity contribution in [1.82, 2.24) is 0 Å². The predicted molar refractivity (Wildman–Crippen MR) is 69.8 cm³/mol. The number of carbonyl (C=O) groups is 1. The van der Waals surface area contributed by atoms with Crippen molar-refractivity contribution in [1.29, 1.82) is 0 Å². The topological polar surface area (TPSA) is 44.8 Å². The van der Waals surface area contributed by atoms with E-state index < -0.39 is 0 Å². The highest BCUT2D eigenvalue weighted by atomic mass is 27.2. The van der Waals surface area contributed by atoms with Crippen LogP contribution in [0.2, 0.25) is 0 Å². The number of esters is 1. The lowest BCUT2D eigenvalue weighted by Crippen LogP contribution is -2.06. The molecular formula is C12H26AlO4. The second-order valence-corrected chi connectivity index (χ2v) is 4.33. The Hall–Kier alpha value is -0.0775. The number of hydrogen-bond acceptors (Lipinski definition) is 4. The fraction of sp³-hybridized carbons (Fsp3) is 0.917.